The van der Waals surface area contributed by atoms with E-state index in [4.69, 9.17) is 9.72 Å². The van der Waals surface area contributed by atoms with Crippen molar-refractivity contribution in [3.8, 4) is 10.6 Å². The van der Waals surface area contributed by atoms with Gasteiger partial charge in [-0.05, 0) is 70.9 Å². The Bertz CT molecular complexity index is 1160. The van der Waals surface area contributed by atoms with Crippen LogP contribution in [0, 0.1) is 5.92 Å². The Morgan fingerprint density at radius 1 is 1.32 bits per heavy atom. The molecule has 3 aromatic heterocycles. The molecule has 0 spiro atoms. The van der Waals surface area contributed by atoms with E-state index in [0.29, 0.717) is 30.8 Å². The normalized spacial score (nSPS) is 16.8. The SMILES string of the molecule is CC(C)n1ncc2c(C(=O)NCC3CCCN(C(=O)OC(C)(C)C)C3)cc(-c3cccs3)nc21. The lowest BCUT2D eigenvalue weighted by atomic mass is 9.98. The summed E-state index contributed by atoms with van der Waals surface area (Å²) >= 11 is 1.59. The minimum Gasteiger partial charge on any atom is -0.444 e. The highest BCUT2D eigenvalue weighted by molar-refractivity contribution is 7.13. The lowest BCUT2D eigenvalue weighted by Crippen LogP contribution is -2.45. The average Bonchev–Trinajstić information content (AvgIpc) is 3.46. The third-order valence-corrected chi connectivity index (χ3v) is 6.69. The first-order valence-electron chi connectivity index (χ1n) is 11.8. The van der Waals surface area contributed by atoms with Gasteiger partial charge in [-0.3, -0.25) is 4.79 Å². The van der Waals surface area contributed by atoms with E-state index in [2.05, 4.69) is 10.4 Å². The summed E-state index contributed by atoms with van der Waals surface area (Å²) in [4.78, 5) is 33.4. The smallest absolute Gasteiger partial charge is 0.410 e. The fraction of sp³-hybridized carbons (Fsp3) is 0.520. The van der Waals surface area contributed by atoms with E-state index in [1.807, 2.05) is 62.9 Å². The summed E-state index contributed by atoms with van der Waals surface area (Å²) < 4.78 is 7.37. The molecule has 9 heteroatoms. The van der Waals surface area contributed by atoms with Crippen LogP contribution in [0.5, 0.6) is 0 Å². The second-order valence-electron chi connectivity index (χ2n) is 10.1. The van der Waals surface area contributed by atoms with Crippen LogP contribution in [0.25, 0.3) is 21.6 Å². The zero-order valence-electron chi connectivity index (χ0n) is 20.5. The summed E-state index contributed by atoms with van der Waals surface area (Å²) in [5.41, 5.74) is 1.52. The van der Waals surface area contributed by atoms with Crippen molar-refractivity contribution < 1.29 is 14.3 Å². The first-order valence-corrected chi connectivity index (χ1v) is 12.7. The van der Waals surface area contributed by atoms with E-state index >= 15 is 0 Å². The van der Waals surface area contributed by atoms with Gasteiger partial charge in [0.15, 0.2) is 5.65 Å². The van der Waals surface area contributed by atoms with Crippen LogP contribution in [0.2, 0.25) is 0 Å². The highest BCUT2D eigenvalue weighted by Gasteiger charge is 2.28. The van der Waals surface area contributed by atoms with Gasteiger partial charge < -0.3 is 15.0 Å². The molecule has 0 bridgehead atoms. The van der Waals surface area contributed by atoms with E-state index in [0.717, 1.165) is 28.8 Å². The van der Waals surface area contributed by atoms with Crippen molar-refractivity contribution in [1.29, 1.82) is 0 Å². The second kappa shape index (κ2) is 9.74. The Balaban J connectivity index is 1.51. The molecule has 8 nitrogen and oxygen atoms in total. The number of hydrogen-bond donors (Lipinski definition) is 1. The molecule has 4 heterocycles. The highest BCUT2D eigenvalue weighted by Crippen LogP contribution is 2.29. The van der Waals surface area contributed by atoms with Gasteiger partial charge in [0.1, 0.15) is 5.60 Å². The molecular formula is C25H33N5O3S. The fourth-order valence-corrected chi connectivity index (χ4v) is 4.88. The van der Waals surface area contributed by atoms with Crippen molar-refractivity contribution in [2.45, 2.75) is 59.1 Å². The van der Waals surface area contributed by atoms with Crippen LogP contribution in [0.15, 0.2) is 29.8 Å². The molecule has 0 radical (unpaired) electrons. The number of carbonyl (C=O) groups excluding carboxylic acids is 2. The van der Waals surface area contributed by atoms with Gasteiger partial charge in [-0.2, -0.15) is 5.10 Å². The van der Waals surface area contributed by atoms with Gasteiger partial charge in [-0.15, -0.1) is 11.3 Å². The predicted octanol–water partition coefficient (Wildman–Crippen LogP) is 5.12. The van der Waals surface area contributed by atoms with E-state index < -0.39 is 5.60 Å². The number of hydrogen-bond acceptors (Lipinski definition) is 6. The van der Waals surface area contributed by atoms with Crippen LogP contribution in [-0.2, 0) is 4.74 Å². The number of carbonyl (C=O) groups is 2. The summed E-state index contributed by atoms with van der Waals surface area (Å²) in [6.45, 7) is 11.5. The molecule has 1 saturated heterocycles. The molecule has 1 fully saturated rings. The lowest BCUT2D eigenvalue weighted by molar-refractivity contribution is 0.0167. The maximum Gasteiger partial charge on any atom is 0.410 e. The average molecular weight is 484 g/mol. The number of nitrogens with zero attached hydrogens (tertiary/aromatic N) is 4. The van der Waals surface area contributed by atoms with Crippen molar-refractivity contribution in [2.24, 2.45) is 5.92 Å². The number of fused-ring (bicyclic) bond motifs is 1. The Morgan fingerprint density at radius 2 is 2.12 bits per heavy atom. The first-order chi connectivity index (χ1) is 16.1. The van der Waals surface area contributed by atoms with Crippen LogP contribution < -0.4 is 5.32 Å². The molecule has 3 aromatic rings. The second-order valence-corrected chi connectivity index (χ2v) is 11.0. The van der Waals surface area contributed by atoms with Crippen molar-refractivity contribution >= 4 is 34.4 Å². The minimum absolute atomic E-state index is 0.126. The number of rotatable bonds is 5. The molecule has 0 aliphatic carbocycles. The quantitative estimate of drug-likeness (QED) is 0.544. The maximum atomic E-state index is 13.3. The maximum absolute atomic E-state index is 13.3. The van der Waals surface area contributed by atoms with E-state index in [-0.39, 0.29) is 24.0 Å². The van der Waals surface area contributed by atoms with Crippen LogP contribution in [0.4, 0.5) is 4.79 Å². The van der Waals surface area contributed by atoms with Crippen molar-refractivity contribution in [2.75, 3.05) is 19.6 Å². The zero-order chi connectivity index (χ0) is 24.5. The minimum atomic E-state index is -0.522. The van der Waals surface area contributed by atoms with Gasteiger partial charge in [0.05, 0.1) is 27.7 Å². The first kappa shape index (κ1) is 24.2. The molecule has 1 aliphatic rings. The van der Waals surface area contributed by atoms with Gasteiger partial charge in [-0.1, -0.05) is 6.07 Å². The molecule has 1 aliphatic heterocycles. The van der Waals surface area contributed by atoms with Gasteiger partial charge in [0.25, 0.3) is 5.91 Å². The van der Waals surface area contributed by atoms with Crippen LogP contribution in [-0.4, -0.2) is 56.9 Å². The van der Waals surface area contributed by atoms with Crippen molar-refractivity contribution in [3.63, 3.8) is 0 Å². The van der Waals surface area contributed by atoms with Crippen molar-refractivity contribution in [1.82, 2.24) is 25.0 Å². The Labute approximate surface area is 204 Å². The number of piperidine rings is 1. The third-order valence-electron chi connectivity index (χ3n) is 5.80. The largest absolute Gasteiger partial charge is 0.444 e. The summed E-state index contributed by atoms with van der Waals surface area (Å²) in [5.74, 6) is 0.0283. The molecule has 1 atom stereocenters. The Hall–Kier alpha value is -2.94. The summed E-state index contributed by atoms with van der Waals surface area (Å²) in [5, 5.41) is 10.3. The van der Waals surface area contributed by atoms with Crippen LogP contribution in [0.3, 0.4) is 0 Å². The van der Waals surface area contributed by atoms with Gasteiger partial charge in [0.2, 0.25) is 0 Å². The molecule has 2 amide bonds. The monoisotopic (exact) mass is 483 g/mol. The number of ether oxygens (including phenoxy) is 1. The molecule has 182 valence electrons. The summed E-state index contributed by atoms with van der Waals surface area (Å²) in [6, 6.07) is 5.96. The van der Waals surface area contributed by atoms with Crippen LogP contribution in [0.1, 0.15) is 63.9 Å². The van der Waals surface area contributed by atoms with Gasteiger partial charge in [0, 0.05) is 25.7 Å². The number of aromatic nitrogens is 3. The molecule has 1 unspecified atom stereocenters. The highest BCUT2D eigenvalue weighted by atomic mass is 32.1. The van der Waals surface area contributed by atoms with Crippen molar-refractivity contribution in [3.05, 3.63) is 35.3 Å². The number of nitrogens with one attached hydrogen (secondary N) is 1. The fourth-order valence-electron chi connectivity index (χ4n) is 4.19. The molecule has 34 heavy (non-hydrogen) atoms. The topological polar surface area (TPSA) is 89.4 Å². The lowest BCUT2D eigenvalue weighted by Gasteiger charge is -2.34. The Morgan fingerprint density at radius 3 is 2.79 bits per heavy atom. The van der Waals surface area contributed by atoms with E-state index in [1.54, 1.807) is 22.4 Å². The number of amides is 2. The molecule has 0 aromatic carbocycles. The predicted molar refractivity (Wildman–Crippen MR) is 134 cm³/mol. The van der Waals surface area contributed by atoms with Gasteiger partial charge >= 0.3 is 6.09 Å². The van der Waals surface area contributed by atoms with E-state index in [1.165, 1.54) is 0 Å². The molecule has 1 N–H and O–H groups in total. The number of likely N-dealkylation sites (tertiary alicyclic amines) is 1. The summed E-state index contributed by atoms with van der Waals surface area (Å²) in [7, 11) is 0. The van der Waals surface area contributed by atoms with Crippen LogP contribution >= 0.6 is 11.3 Å². The number of thiophene rings is 1. The number of pyridine rings is 1. The molecule has 4 rings (SSSR count). The molecule has 0 saturated carbocycles. The van der Waals surface area contributed by atoms with Gasteiger partial charge in [-0.25, -0.2) is 14.5 Å². The molecular weight excluding hydrogens is 450 g/mol. The Kier molecular flexibility index (Phi) is 6.93. The third kappa shape index (κ3) is 5.41. The standard InChI is InChI=1S/C25H33N5O3S/c1-16(2)30-22-19(14-27-30)18(12-20(28-22)21-9-7-11-34-21)23(31)26-13-17-8-6-10-29(15-17)24(32)33-25(3,4)5/h7,9,11-12,14,16-17H,6,8,10,13,15H2,1-5H3,(H,26,31). The zero-order valence-corrected chi connectivity index (χ0v) is 21.3. The summed E-state index contributed by atoms with van der Waals surface area (Å²) in [6.07, 6.45) is 3.28. The van der Waals surface area contributed by atoms with E-state index in [9.17, 15) is 9.59 Å².